The molecule has 0 radical (unpaired) electrons. The Labute approximate surface area is 172 Å². The topological polar surface area (TPSA) is 101 Å². The van der Waals surface area contributed by atoms with Crippen molar-refractivity contribution in [3.8, 4) is 5.75 Å². The monoisotopic (exact) mass is 435 g/mol. The second-order valence-corrected chi connectivity index (χ2v) is 6.13. The molecule has 0 saturated carbocycles. The summed E-state index contributed by atoms with van der Waals surface area (Å²) >= 11 is 0. The van der Waals surface area contributed by atoms with E-state index < -0.39 is 35.8 Å². The van der Waals surface area contributed by atoms with Gasteiger partial charge in [0.15, 0.2) is 0 Å². The Morgan fingerprint density at radius 2 is 1.74 bits per heavy atom. The number of hydrogen-bond donors (Lipinski definition) is 2. The molecule has 0 aliphatic heterocycles. The van der Waals surface area contributed by atoms with Crippen LogP contribution in [0.3, 0.4) is 0 Å². The molecule has 0 aliphatic rings. The number of carbonyl (C=O) groups is 2. The number of ether oxygens (including phenoxy) is 1. The van der Waals surface area contributed by atoms with Crippen LogP contribution >= 0.6 is 0 Å². The first-order valence-electron chi connectivity index (χ1n) is 8.60. The van der Waals surface area contributed by atoms with Crippen LogP contribution < -0.4 is 10.1 Å². The van der Waals surface area contributed by atoms with Crippen molar-refractivity contribution in [3.63, 3.8) is 0 Å². The van der Waals surface area contributed by atoms with E-state index in [1.54, 1.807) is 0 Å². The molecule has 1 unspecified atom stereocenters. The number of pyridine rings is 2. The van der Waals surface area contributed by atoms with Crippen LogP contribution in [0.25, 0.3) is 0 Å². The molecule has 0 aliphatic carbocycles. The fraction of sp³-hybridized carbons (Fsp3) is 0.100. The minimum Gasteiger partial charge on any atom is -0.478 e. The van der Waals surface area contributed by atoms with E-state index >= 15 is 0 Å². The van der Waals surface area contributed by atoms with Gasteiger partial charge in [0, 0.05) is 12.4 Å². The van der Waals surface area contributed by atoms with Crippen LogP contribution in [0.5, 0.6) is 5.75 Å². The number of halogens is 4. The van der Waals surface area contributed by atoms with Gasteiger partial charge >= 0.3 is 12.3 Å². The maximum Gasteiger partial charge on any atom is 0.573 e. The number of aromatic nitrogens is 2. The molecule has 2 aromatic heterocycles. The van der Waals surface area contributed by atoms with E-state index in [-0.39, 0.29) is 22.5 Å². The molecule has 0 saturated heterocycles. The van der Waals surface area contributed by atoms with E-state index in [0.717, 1.165) is 24.4 Å². The van der Waals surface area contributed by atoms with Crippen molar-refractivity contribution in [2.75, 3.05) is 0 Å². The largest absolute Gasteiger partial charge is 0.573 e. The highest BCUT2D eigenvalue weighted by molar-refractivity contribution is 5.94. The van der Waals surface area contributed by atoms with Gasteiger partial charge < -0.3 is 15.2 Å². The number of carboxylic acids is 1. The van der Waals surface area contributed by atoms with E-state index in [1.807, 2.05) is 0 Å². The van der Waals surface area contributed by atoms with Gasteiger partial charge in [-0.25, -0.2) is 9.18 Å². The fourth-order valence-electron chi connectivity index (χ4n) is 2.64. The van der Waals surface area contributed by atoms with E-state index in [0.29, 0.717) is 0 Å². The lowest BCUT2D eigenvalue weighted by Crippen LogP contribution is -2.31. The lowest BCUT2D eigenvalue weighted by atomic mass is 10.0. The quantitative estimate of drug-likeness (QED) is 0.573. The van der Waals surface area contributed by atoms with Crippen LogP contribution in [0.15, 0.2) is 60.9 Å². The van der Waals surface area contributed by atoms with E-state index in [1.165, 1.54) is 36.5 Å². The zero-order valence-corrected chi connectivity index (χ0v) is 15.4. The highest BCUT2D eigenvalue weighted by Crippen LogP contribution is 2.27. The molecule has 0 bridgehead atoms. The third kappa shape index (κ3) is 5.53. The molecule has 160 valence electrons. The maximum atomic E-state index is 14.4. The standard InChI is InChI=1S/C20H13F4N3O4/c21-14-2-1-9-25-17(14)16(11-3-6-13(7-4-11)31-20(22,23)24)27-18(28)15-8-5-12(10-26-15)19(29)30/h1-10,16H,(H,27,28)(H,29,30). The molecule has 1 aromatic carbocycles. The zero-order chi connectivity index (χ0) is 22.6. The number of rotatable bonds is 6. The average Bonchev–Trinajstić information content (AvgIpc) is 2.72. The highest BCUT2D eigenvalue weighted by atomic mass is 19.4. The van der Waals surface area contributed by atoms with Crippen LogP contribution in [0, 0.1) is 5.82 Å². The van der Waals surface area contributed by atoms with E-state index in [9.17, 15) is 27.2 Å². The summed E-state index contributed by atoms with van der Waals surface area (Å²) in [5, 5.41) is 11.4. The van der Waals surface area contributed by atoms with Crippen LogP contribution in [0.2, 0.25) is 0 Å². The van der Waals surface area contributed by atoms with Crippen LogP contribution in [-0.2, 0) is 0 Å². The molecule has 7 nitrogen and oxygen atoms in total. The smallest absolute Gasteiger partial charge is 0.478 e. The molecule has 2 heterocycles. The number of aromatic carboxylic acids is 1. The summed E-state index contributed by atoms with van der Waals surface area (Å²) in [5.41, 5.74) is -0.238. The Morgan fingerprint density at radius 1 is 1.03 bits per heavy atom. The summed E-state index contributed by atoms with van der Waals surface area (Å²) in [5.74, 6) is -3.25. The van der Waals surface area contributed by atoms with Crippen molar-refractivity contribution in [2.45, 2.75) is 12.4 Å². The van der Waals surface area contributed by atoms with Crippen molar-refractivity contribution in [3.05, 3.63) is 89.3 Å². The van der Waals surface area contributed by atoms with Crippen LogP contribution in [0.1, 0.15) is 38.1 Å². The first-order valence-corrected chi connectivity index (χ1v) is 8.60. The molecule has 1 amide bonds. The van der Waals surface area contributed by atoms with Crippen molar-refractivity contribution < 1.29 is 37.0 Å². The molecule has 0 fully saturated rings. The number of benzene rings is 1. The second kappa shape index (κ2) is 8.78. The van der Waals surface area contributed by atoms with Crippen molar-refractivity contribution >= 4 is 11.9 Å². The molecule has 3 rings (SSSR count). The Kier molecular flexibility index (Phi) is 6.14. The molecular weight excluding hydrogens is 422 g/mol. The van der Waals surface area contributed by atoms with Crippen LogP contribution in [-0.4, -0.2) is 33.3 Å². The van der Waals surface area contributed by atoms with Crippen molar-refractivity contribution in [1.29, 1.82) is 0 Å². The molecule has 3 aromatic rings. The normalized spacial score (nSPS) is 12.1. The number of carbonyl (C=O) groups excluding carboxylic acids is 1. The second-order valence-electron chi connectivity index (χ2n) is 6.13. The predicted molar refractivity (Wildman–Crippen MR) is 97.8 cm³/mol. The van der Waals surface area contributed by atoms with Gasteiger partial charge in [-0.1, -0.05) is 12.1 Å². The van der Waals surface area contributed by atoms with Gasteiger partial charge in [-0.3, -0.25) is 14.8 Å². The molecule has 2 N–H and O–H groups in total. The molecule has 0 spiro atoms. The Hall–Kier alpha value is -4.02. The summed E-state index contributed by atoms with van der Waals surface area (Å²) in [6.07, 6.45) is -2.61. The molecule has 11 heteroatoms. The molecule has 1 atom stereocenters. The van der Waals surface area contributed by atoms with Crippen molar-refractivity contribution in [1.82, 2.24) is 15.3 Å². The lowest BCUT2D eigenvalue weighted by molar-refractivity contribution is -0.274. The van der Waals surface area contributed by atoms with Gasteiger partial charge in [0.05, 0.1) is 11.6 Å². The SMILES string of the molecule is O=C(O)c1ccc(C(=O)NC(c2ccc(OC(F)(F)F)cc2)c2ncccc2F)nc1. The van der Waals surface area contributed by atoms with Gasteiger partial charge in [-0.2, -0.15) is 0 Å². The minimum atomic E-state index is -4.88. The Balaban J connectivity index is 1.91. The lowest BCUT2D eigenvalue weighted by Gasteiger charge is -2.20. The van der Waals surface area contributed by atoms with E-state index in [2.05, 4.69) is 20.0 Å². The van der Waals surface area contributed by atoms with Gasteiger partial charge in [0.25, 0.3) is 5.91 Å². The number of nitrogens with zero attached hydrogens (tertiary/aromatic N) is 2. The maximum absolute atomic E-state index is 14.4. The summed E-state index contributed by atoms with van der Waals surface area (Å²) in [7, 11) is 0. The number of hydrogen-bond acceptors (Lipinski definition) is 5. The highest BCUT2D eigenvalue weighted by Gasteiger charge is 2.31. The fourth-order valence-corrected chi connectivity index (χ4v) is 2.64. The van der Waals surface area contributed by atoms with Crippen molar-refractivity contribution in [2.24, 2.45) is 0 Å². The number of carboxylic acid groups (broad SMARTS) is 1. The van der Waals surface area contributed by atoms with Gasteiger partial charge in [0.1, 0.15) is 23.0 Å². The Morgan fingerprint density at radius 3 is 2.29 bits per heavy atom. The summed E-state index contributed by atoms with van der Waals surface area (Å²) in [6.45, 7) is 0. The van der Waals surface area contributed by atoms with Gasteiger partial charge in [-0.15, -0.1) is 13.2 Å². The molecular formula is C20H13F4N3O4. The van der Waals surface area contributed by atoms with Gasteiger partial charge in [0.2, 0.25) is 0 Å². The zero-order valence-electron chi connectivity index (χ0n) is 15.4. The number of amides is 1. The van der Waals surface area contributed by atoms with Crippen LogP contribution in [0.4, 0.5) is 17.6 Å². The minimum absolute atomic E-state index is 0.135. The summed E-state index contributed by atoms with van der Waals surface area (Å²) in [4.78, 5) is 31.2. The average molecular weight is 435 g/mol. The number of nitrogens with one attached hydrogen (secondary N) is 1. The first kappa shape index (κ1) is 21.7. The number of alkyl halides is 3. The molecule has 31 heavy (non-hydrogen) atoms. The third-order valence-electron chi connectivity index (χ3n) is 4.03. The summed E-state index contributed by atoms with van der Waals surface area (Å²) in [6, 6.07) is 8.10. The predicted octanol–water partition coefficient (Wildman–Crippen LogP) is 3.73. The Bertz CT molecular complexity index is 1090. The summed E-state index contributed by atoms with van der Waals surface area (Å²) < 4.78 is 55.3. The van der Waals surface area contributed by atoms with E-state index in [4.69, 9.17) is 5.11 Å². The third-order valence-corrected chi connectivity index (χ3v) is 4.03. The first-order chi connectivity index (χ1) is 14.6. The van der Waals surface area contributed by atoms with Gasteiger partial charge in [-0.05, 0) is 42.0 Å².